The number of nitrogens with zero attached hydrogens (tertiary/aromatic N) is 3. The molecule has 3 aromatic rings. The largest absolute Gasteiger partial charge is 0.317 e. The van der Waals surface area contributed by atoms with Gasteiger partial charge in [0.05, 0.1) is 5.69 Å². The normalized spacial score (nSPS) is 10.1. The van der Waals surface area contributed by atoms with Gasteiger partial charge in [0.1, 0.15) is 11.8 Å². The number of benzene rings is 2. The minimum absolute atomic E-state index is 0.00193. The van der Waals surface area contributed by atoms with Crippen LogP contribution in [-0.2, 0) is 0 Å². The third kappa shape index (κ3) is 3.57. The highest BCUT2D eigenvalue weighted by Gasteiger charge is 2.13. The molecule has 0 saturated heterocycles. The Bertz CT molecular complexity index is 1020. The number of nitriles is 1. The summed E-state index contributed by atoms with van der Waals surface area (Å²) in [6.45, 7) is 0. The second-order valence-corrected chi connectivity index (χ2v) is 5.51. The summed E-state index contributed by atoms with van der Waals surface area (Å²) in [4.78, 5) is 24.9. The fourth-order valence-electron chi connectivity index (χ4n) is 2.18. The first kappa shape index (κ1) is 16.4. The van der Waals surface area contributed by atoms with E-state index in [1.807, 2.05) is 6.07 Å². The fourth-order valence-corrected chi connectivity index (χ4v) is 2.31. The van der Waals surface area contributed by atoms with Crippen molar-refractivity contribution in [3.8, 4) is 11.8 Å². The highest BCUT2D eigenvalue weighted by molar-refractivity contribution is 6.30. The summed E-state index contributed by atoms with van der Waals surface area (Å²) in [6.07, 6.45) is 0. The number of hydrogen-bond acceptors (Lipinski definition) is 4. The highest BCUT2D eigenvalue weighted by Crippen LogP contribution is 2.13. The van der Waals surface area contributed by atoms with E-state index < -0.39 is 11.5 Å². The molecule has 122 valence electrons. The molecular weight excluding hydrogens is 340 g/mol. The van der Waals surface area contributed by atoms with Gasteiger partial charge in [0, 0.05) is 16.7 Å². The number of carbonyl (C=O) groups is 1. The van der Waals surface area contributed by atoms with Crippen molar-refractivity contribution in [1.82, 2.24) is 9.78 Å². The van der Waals surface area contributed by atoms with Gasteiger partial charge in [0.2, 0.25) is 0 Å². The maximum Gasteiger partial charge on any atom is 0.295 e. The number of aromatic nitrogens is 2. The number of carbonyl (C=O) groups excluding carboxylic acids is 1. The van der Waals surface area contributed by atoms with Crippen molar-refractivity contribution in [3.05, 3.63) is 87.3 Å². The van der Waals surface area contributed by atoms with E-state index in [0.717, 1.165) is 4.68 Å². The Balaban J connectivity index is 2.04. The van der Waals surface area contributed by atoms with Gasteiger partial charge in [0.15, 0.2) is 5.69 Å². The third-order valence-corrected chi connectivity index (χ3v) is 3.63. The number of nitrogens with one attached hydrogen (secondary N) is 1. The predicted octanol–water partition coefficient (Wildman–Crippen LogP) is 3.01. The average Bonchev–Trinajstić information content (AvgIpc) is 2.65. The zero-order chi connectivity index (χ0) is 17.8. The standard InChI is InChI=1S/C18H11ClN4O2/c19-13-6-8-15(9-7-13)23-18(25)16(10-14(11-20)22-23)21-17(24)12-4-2-1-3-5-12/h1-10H,(H,21,24). The molecule has 0 aliphatic carbocycles. The van der Waals surface area contributed by atoms with Crippen molar-refractivity contribution in [2.45, 2.75) is 0 Å². The molecule has 1 amide bonds. The second-order valence-electron chi connectivity index (χ2n) is 5.07. The maximum atomic E-state index is 12.6. The van der Waals surface area contributed by atoms with Gasteiger partial charge in [-0.15, -0.1) is 0 Å². The third-order valence-electron chi connectivity index (χ3n) is 3.38. The van der Waals surface area contributed by atoms with Crippen LogP contribution in [0.4, 0.5) is 5.69 Å². The Morgan fingerprint density at radius 1 is 1.12 bits per heavy atom. The number of halogens is 1. The molecular formula is C18H11ClN4O2. The van der Waals surface area contributed by atoms with Crippen LogP contribution in [0.5, 0.6) is 0 Å². The molecule has 0 atom stereocenters. The van der Waals surface area contributed by atoms with E-state index in [2.05, 4.69) is 10.4 Å². The second kappa shape index (κ2) is 6.99. The Kier molecular flexibility index (Phi) is 4.59. The monoisotopic (exact) mass is 350 g/mol. The minimum atomic E-state index is -0.550. The molecule has 0 spiro atoms. The van der Waals surface area contributed by atoms with Gasteiger partial charge >= 0.3 is 0 Å². The van der Waals surface area contributed by atoms with Crippen molar-refractivity contribution < 1.29 is 4.79 Å². The minimum Gasteiger partial charge on any atom is -0.317 e. The Morgan fingerprint density at radius 3 is 2.44 bits per heavy atom. The molecule has 3 rings (SSSR count). The summed E-state index contributed by atoms with van der Waals surface area (Å²) in [7, 11) is 0. The van der Waals surface area contributed by atoms with Crippen LogP contribution in [0.25, 0.3) is 5.69 Å². The van der Waals surface area contributed by atoms with Crippen molar-refractivity contribution in [1.29, 1.82) is 5.26 Å². The SMILES string of the molecule is N#Cc1cc(NC(=O)c2ccccc2)c(=O)n(-c2ccc(Cl)cc2)n1. The van der Waals surface area contributed by atoms with Gasteiger partial charge in [-0.1, -0.05) is 29.8 Å². The van der Waals surface area contributed by atoms with Gasteiger partial charge in [0.25, 0.3) is 11.5 Å². The van der Waals surface area contributed by atoms with E-state index in [-0.39, 0.29) is 11.4 Å². The summed E-state index contributed by atoms with van der Waals surface area (Å²) in [5.74, 6) is -0.449. The lowest BCUT2D eigenvalue weighted by Gasteiger charge is -2.09. The van der Waals surface area contributed by atoms with Crippen LogP contribution < -0.4 is 10.9 Å². The molecule has 25 heavy (non-hydrogen) atoms. The molecule has 1 N–H and O–H groups in total. The molecule has 0 radical (unpaired) electrons. The van der Waals surface area contributed by atoms with E-state index in [0.29, 0.717) is 16.3 Å². The first-order valence-corrected chi connectivity index (χ1v) is 7.63. The van der Waals surface area contributed by atoms with Crippen LogP contribution in [0.2, 0.25) is 5.02 Å². The Morgan fingerprint density at radius 2 is 1.80 bits per heavy atom. The lowest BCUT2D eigenvalue weighted by Crippen LogP contribution is -2.27. The van der Waals surface area contributed by atoms with Crippen molar-refractivity contribution in [2.75, 3.05) is 5.32 Å². The van der Waals surface area contributed by atoms with E-state index in [9.17, 15) is 9.59 Å². The van der Waals surface area contributed by atoms with Crippen LogP contribution >= 0.6 is 11.6 Å². The smallest absolute Gasteiger partial charge is 0.295 e. The van der Waals surface area contributed by atoms with E-state index in [4.69, 9.17) is 16.9 Å². The number of amides is 1. The Hall–Kier alpha value is -3.43. The fraction of sp³-hybridized carbons (Fsp3) is 0. The van der Waals surface area contributed by atoms with Crippen molar-refractivity contribution in [3.63, 3.8) is 0 Å². The molecule has 2 aromatic carbocycles. The summed E-state index contributed by atoms with van der Waals surface area (Å²) in [5.41, 5.74) is 0.246. The quantitative estimate of drug-likeness (QED) is 0.786. The van der Waals surface area contributed by atoms with Gasteiger partial charge < -0.3 is 5.32 Å². The van der Waals surface area contributed by atoms with Crippen molar-refractivity contribution >= 4 is 23.2 Å². The molecule has 0 saturated carbocycles. The van der Waals surface area contributed by atoms with Crippen LogP contribution in [0, 0.1) is 11.3 Å². The van der Waals surface area contributed by atoms with Crippen molar-refractivity contribution in [2.24, 2.45) is 0 Å². The number of anilines is 1. The van der Waals surface area contributed by atoms with Crippen LogP contribution in [-0.4, -0.2) is 15.7 Å². The lowest BCUT2D eigenvalue weighted by molar-refractivity contribution is 0.102. The molecule has 0 bridgehead atoms. The first-order valence-electron chi connectivity index (χ1n) is 7.25. The summed E-state index contributed by atoms with van der Waals surface area (Å²) < 4.78 is 1.05. The summed E-state index contributed by atoms with van der Waals surface area (Å²) in [5, 5.41) is 16.2. The first-order chi connectivity index (χ1) is 12.1. The highest BCUT2D eigenvalue weighted by atomic mass is 35.5. The molecule has 6 nitrogen and oxygen atoms in total. The maximum absolute atomic E-state index is 12.6. The number of rotatable bonds is 3. The van der Waals surface area contributed by atoms with E-state index in [1.165, 1.54) is 6.07 Å². The lowest BCUT2D eigenvalue weighted by atomic mass is 10.2. The van der Waals surface area contributed by atoms with E-state index in [1.54, 1.807) is 54.6 Å². The van der Waals surface area contributed by atoms with Gasteiger partial charge in [-0.2, -0.15) is 15.0 Å². The zero-order valence-electron chi connectivity index (χ0n) is 12.8. The van der Waals surface area contributed by atoms with Crippen LogP contribution in [0.15, 0.2) is 65.5 Å². The Labute approximate surface area is 147 Å². The molecule has 0 aliphatic rings. The zero-order valence-corrected chi connectivity index (χ0v) is 13.6. The molecule has 0 unspecified atom stereocenters. The van der Waals surface area contributed by atoms with Gasteiger partial charge in [-0.3, -0.25) is 9.59 Å². The van der Waals surface area contributed by atoms with E-state index >= 15 is 0 Å². The summed E-state index contributed by atoms with van der Waals surface area (Å²) >= 11 is 5.85. The molecule has 1 aromatic heterocycles. The molecule has 7 heteroatoms. The van der Waals surface area contributed by atoms with Crippen LogP contribution in [0.3, 0.4) is 0 Å². The van der Waals surface area contributed by atoms with Gasteiger partial charge in [-0.25, -0.2) is 0 Å². The average molecular weight is 351 g/mol. The number of hydrogen-bond donors (Lipinski definition) is 1. The molecule has 0 fully saturated rings. The van der Waals surface area contributed by atoms with Gasteiger partial charge in [-0.05, 0) is 36.4 Å². The predicted molar refractivity (Wildman–Crippen MR) is 94.0 cm³/mol. The molecule has 0 aliphatic heterocycles. The summed E-state index contributed by atoms with van der Waals surface area (Å²) in [6, 6.07) is 18.0. The molecule has 1 heterocycles. The topological polar surface area (TPSA) is 87.8 Å². The van der Waals surface area contributed by atoms with Crippen LogP contribution in [0.1, 0.15) is 16.1 Å².